The number of benzene rings is 1. The Hall–Kier alpha value is -2.84. The van der Waals surface area contributed by atoms with Crippen LogP contribution in [0.25, 0.3) is 0 Å². The van der Waals surface area contributed by atoms with Crippen LogP contribution in [0.15, 0.2) is 42.6 Å². The number of carbonyl (C=O) groups excluding carboxylic acids is 2. The average Bonchev–Trinajstić information content (AvgIpc) is 2.73. The van der Waals surface area contributed by atoms with Gasteiger partial charge in [-0.25, -0.2) is 4.98 Å². The van der Waals surface area contributed by atoms with Gasteiger partial charge in [0.2, 0.25) is 5.91 Å². The molecular formula is C20H23ClN4O4. The highest BCUT2D eigenvalue weighted by atomic mass is 35.5. The van der Waals surface area contributed by atoms with Crippen molar-refractivity contribution in [2.45, 2.75) is 0 Å². The van der Waals surface area contributed by atoms with E-state index in [9.17, 15) is 9.59 Å². The topological polar surface area (TPSA) is 84.0 Å². The molecule has 2 aromatic rings. The number of anilines is 2. The summed E-state index contributed by atoms with van der Waals surface area (Å²) in [5.74, 6) is 1.09. The lowest BCUT2D eigenvalue weighted by Gasteiger charge is -2.35. The van der Waals surface area contributed by atoms with Gasteiger partial charge in [0, 0.05) is 38.3 Å². The van der Waals surface area contributed by atoms with Gasteiger partial charge in [0.25, 0.3) is 5.91 Å². The third-order valence-electron chi connectivity index (χ3n) is 4.42. The predicted molar refractivity (Wildman–Crippen MR) is 110 cm³/mol. The predicted octanol–water partition coefficient (Wildman–Crippen LogP) is 2.05. The zero-order chi connectivity index (χ0) is 20.6. The number of piperazine rings is 1. The van der Waals surface area contributed by atoms with Crippen LogP contribution in [0.2, 0.25) is 5.02 Å². The summed E-state index contributed by atoms with van der Waals surface area (Å²) in [6.45, 7) is 2.50. The van der Waals surface area contributed by atoms with Gasteiger partial charge < -0.3 is 24.6 Å². The quantitative estimate of drug-likeness (QED) is 0.740. The Morgan fingerprint density at radius 1 is 1.14 bits per heavy atom. The van der Waals surface area contributed by atoms with Crippen LogP contribution in [0.1, 0.15) is 0 Å². The van der Waals surface area contributed by atoms with Crippen molar-refractivity contribution in [2.75, 3.05) is 56.7 Å². The van der Waals surface area contributed by atoms with E-state index in [2.05, 4.69) is 15.2 Å². The van der Waals surface area contributed by atoms with E-state index in [-0.39, 0.29) is 25.0 Å². The van der Waals surface area contributed by atoms with Crippen LogP contribution in [0.3, 0.4) is 0 Å². The number of pyridine rings is 1. The monoisotopic (exact) mass is 418 g/mol. The molecule has 0 unspecified atom stereocenters. The van der Waals surface area contributed by atoms with E-state index < -0.39 is 0 Å². The lowest BCUT2D eigenvalue weighted by molar-refractivity contribution is -0.133. The van der Waals surface area contributed by atoms with E-state index in [0.717, 1.165) is 5.82 Å². The van der Waals surface area contributed by atoms with Gasteiger partial charge in [-0.2, -0.15) is 0 Å². The van der Waals surface area contributed by atoms with Crippen molar-refractivity contribution in [3.8, 4) is 5.75 Å². The number of amides is 2. The molecule has 0 spiro atoms. The summed E-state index contributed by atoms with van der Waals surface area (Å²) in [4.78, 5) is 32.2. The highest BCUT2D eigenvalue weighted by molar-refractivity contribution is 6.30. The third-order valence-corrected chi connectivity index (χ3v) is 4.66. The summed E-state index contributed by atoms with van der Waals surface area (Å²) < 4.78 is 10.3. The SMILES string of the molecule is COCC(=O)Nc1ccc(N2CCN(C(=O)COc3cccc(Cl)c3)CC2)nc1. The van der Waals surface area contributed by atoms with Crippen molar-refractivity contribution in [3.63, 3.8) is 0 Å². The Bertz CT molecular complexity index is 839. The second-order valence-corrected chi connectivity index (χ2v) is 6.94. The maximum absolute atomic E-state index is 12.4. The molecule has 154 valence electrons. The smallest absolute Gasteiger partial charge is 0.260 e. The molecule has 0 atom stereocenters. The molecule has 2 heterocycles. The van der Waals surface area contributed by atoms with E-state index in [1.54, 1.807) is 41.4 Å². The number of ether oxygens (including phenoxy) is 2. The maximum Gasteiger partial charge on any atom is 0.260 e. The van der Waals surface area contributed by atoms with Gasteiger partial charge in [-0.15, -0.1) is 0 Å². The standard InChI is InChI=1S/C20H23ClN4O4/c1-28-13-19(26)23-16-5-6-18(22-12-16)24-7-9-25(10-8-24)20(27)14-29-17-4-2-3-15(21)11-17/h2-6,11-12H,7-10,13-14H2,1H3,(H,23,26). The van der Waals surface area contributed by atoms with Crippen molar-refractivity contribution in [1.29, 1.82) is 0 Å². The molecule has 2 amide bonds. The zero-order valence-electron chi connectivity index (χ0n) is 16.1. The van der Waals surface area contributed by atoms with Crippen molar-refractivity contribution in [2.24, 2.45) is 0 Å². The third kappa shape index (κ3) is 6.07. The van der Waals surface area contributed by atoms with Gasteiger partial charge in [0.1, 0.15) is 18.2 Å². The van der Waals surface area contributed by atoms with Crippen LogP contribution in [0, 0.1) is 0 Å². The van der Waals surface area contributed by atoms with Crippen molar-refractivity contribution < 1.29 is 19.1 Å². The van der Waals surface area contributed by atoms with Gasteiger partial charge in [-0.1, -0.05) is 17.7 Å². The van der Waals surface area contributed by atoms with Crippen molar-refractivity contribution in [3.05, 3.63) is 47.6 Å². The zero-order valence-corrected chi connectivity index (χ0v) is 16.9. The number of hydrogen-bond donors (Lipinski definition) is 1. The van der Waals surface area contributed by atoms with Crippen LogP contribution in [0.4, 0.5) is 11.5 Å². The van der Waals surface area contributed by atoms with Crippen LogP contribution in [0.5, 0.6) is 5.75 Å². The van der Waals surface area contributed by atoms with E-state index in [1.165, 1.54) is 7.11 Å². The summed E-state index contributed by atoms with van der Waals surface area (Å²) in [5, 5.41) is 3.28. The molecule has 1 aliphatic heterocycles. The van der Waals surface area contributed by atoms with E-state index in [4.69, 9.17) is 21.1 Å². The minimum Gasteiger partial charge on any atom is -0.484 e. The molecule has 0 radical (unpaired) electrons. The molecule has 1 N–H and O–H groups in total. The lowest BCUT2D eigenvalue weighted by Crippen LogP contribution is -2.50. The average molecular weight is 419 g/mol. The summed E-state index contributed by atoms with van der Waals surface area (Å²) in [7, 11) is 1.47. The van der Waals surface area contributed by atoms with E-state index in [1.807, 2.05) is 6.07 Å². The van der Waals surface area contributed by atoms with Gasteiger partial charge >= 0.3 is 0 Å². The molecule has 1 saturated heterocycles. The maximum atomic E-state index is 12.4. The van der Waals surface area contributed by atoms with Crippen LogP contribution >= 0.6 is 11.6 Å². The van der Waals surface area contributed by atoms with Crippen molar-refractivity contribution >= 4 is 34.9 Å². The van der Waals surface area contributed by atoms with Crippen LogP contribution in [-0.2, 0) is 14.3 Å². The van der Waals surface area contributed by atoms with E-state index >= 15 is 0 Å². The van der Waals surface area contributed by atoms with Gasteiger partial charge in [0.05, 0.1) is 11.9 Å². The molecule has 1 fully saturated rings. The number of methoxy groups -OCH3 is 1. The Morgan fingerprint density at radius 2 is 1.93 bits per heavy atom. The van der Waals surface area contributed by atoms with Gasteiger partial charge in [0.15, 0.2) is 6.61 Å². The number of hydrogen-bond acceptors (Lipinski definition) is 6. The second kappa shape index (κ2) is 10.1. The molecule has 1 aromatic carbocycles. The molecule has 3 rings (SSSR count). The largest absolute Gasteiger partial charge is 0.484 e. The molecule has 0 saturated carbocycles. The van der Waals surface area contributed by atoms with Gasteiger partial charge in [-0.3, -0.25) is 9.59 Å². The number of halogens is 1. The highest BCUT2D eigenvalue weighted by Gasteiger charge is 2.22. The summed E-state index contributed by atoms with van der Waals surface area (Å²) in [6, 6.07) is 10.6. The van der Waals surface area contributed by atoms with E-state index in [0.29, 0.717) is 42.6 Å². The number of nitrogens with zero attached hydrogens (tertiary/aromatic N) is 3. The first-order chi connectivity index (χ1) is 14.0. The minimum atomic E-state index is -0.228. The number of nitrogens with one attached hydrogen (secondary N) is 1. The normalized spacial score (nSPS) is 13.9. The van der Waals surface area contributed by atoms with Crippen molar-refractivity contribution in [1.82, 2.24) is 9.88 Å². The second-order valence-electron chi connectivity index (χ2n) is 6.50. The summed E-state index contributed by atoms with van der Waals surface area (Å²) >= 11 is 5.92. The first kappa shape index (κ1) is 20.9. The van der Waals surface area contributed by atoms with Gasteiger partial charge in [-0.05, 0) is 30.3 Å². The molecule has 0 aliphatic carbocycles. The number of carbonyl (C=O) groups is 2. The number of aromatic nitrogens is 1. The fourth-order valence-electron chi connectivity index (χ4n) is 2.95. The molecule has 29 heavy (non-hydrogen) atoms. The first-order valence-electron chi connectivity index (χ1n) is 9.21. The Balaban J connectivity index is 1.46. The molecule has 1 aromatic heterocycles. The molecule has 1 aliphatic rings. The lowest BCUT2D eigenvalue weighted by atomic mass is 10.3. The fraction of sp³-hybridized carbons (Fsp3) is 0.350. The summed E-state index contributed by atoms with van der Waals surface area (Å²) in [6.07, 6.45) is 1.61. The fourth-order valence-corrected chi connectivity index (χ4v) is 3.13. The molecule has 0 bridgehead atoms. The molecule has 9 heteroatoms. The summed E-state index contributed by atoms with van der Waals surface area (Å²) in [5.41, 5.74) is 0.614. The molecular weight excluding hydrogens is 396 g/mol. The number of rotatable bonds is 7. The minimum absolute atomic E-state index is 0.00122. The Morgan fingerprint density at radius 3 is 2.59 bits per heavy atom. The molecule has 8 nitrogen and oxygen atoms in total. The Kier molecular flexibility index (Phi) is 7.26. The first-order valence-corrected chi connectivity index (χ1v) is 9.59. The van der Waals surface area contributed by atoms with Crippen LogP contribution in [-0.4, -0.2) is 68.2 Å². The van der Waals surface area contributed by atoms with Crippen LogP contribution < -0.4 is 15.0 Å². The highest BCUT2D eigenvalue weighted by Crippen LogP contribution is 2.18. The Labute approximate surface area is 174 Å².